The number of carboxylic acid groups (broad SMARTS) is 2. The van der Waals surface area contributed by atoms with Gasteiger partial charge in [-0.05, 0) is 61.1 Å². The Morgan fingerprint density at radius 2 is 1.52 bits per heavy atom. The Morgan fingerprint density at radius 3 is 2.10 bits per heavy atom. The lowest BCUT2D eigenvalue weighted by Gasteiger charge is -2.34. The van der Waals surface area contributed by atoms with Crippen LogP contribution < -0.4 is 15.0 Å². The standard InChI is InChI=1S/C27H28N2O4.C2HF3O2/c1-33-25-10-6-5-9-22(25)26(30)28-24-12-11-21(18-23(24)27(31)32)29-15-13-20(14-16-29)17-19-7-3-2-4-8-19;3-2(4,5)1(6)7/h2-12,18,20H,13-17H2,1H3,(H,28,30)(H,31,32);(H,6,7). The molecule has 0 atom stereocenters. The first kappa shape index (κ1) is 30.0. The Hall–Kier alpha value is -4.54. The van der Waals surface area contributed by atoms with Crippen LogP contribution in [0, 0.1) is 5.92 Å². The van der Waals surface area contributed by atoms with Crippen molar-refractivity contribution in [1.82, 2.24) is 0 Å². The van der Waals surface area contributed by atoms with E-state index in [1.807, 2.05) is 12.1 Å². The third-order valence-corrected chi connectivity index (χ3v) is 6.42. The number of benzene rings is 3. The van der Waals surface area contributed by atoms with Gasteiger partial charge in [0.1, 0.15) is 5.75 Å². The minimum Gasteiger partial charge on any atom is -0.496 e. The molecule has 0 aliphatic carbocycles. The van der Waals surface area contributed by atoms with Crippen molar-refractivity contribution in [3.8, 4) is 5.75 Å². The maximum Gasteiger partial charge on any atom is 0.490 e. The van der Waals surface area contributed by atoms with E-state index in [0.29, 0.717) is 17.2 Å². The number of nitrogens with zero attached hydrogens (tertiary/aromatic N) is 1. The van der Waals surface area contributed by atoms with Crippen molar-refractivity contribution in [2.45, 2.75) is 25.4 Å². The largest absolute Gasteiger partial charge is 0.496 e. The molecule has 1 fully saturated rings. The maximum absolute atomic E-state index is 12.7. The van der Waals surface area contributed by atoms with Crippen LogP contribution in [0.4, 0.5) is 24.5 Å². The summed E-state index contributed by atoms with van der Waals surface area (Å²) in [5, 5.41) is 19.6. The average Bonchev–Trinajstić information content (AvgIpc) is 2.94. The van der Waals surface area contributed by atoms with Crippen LogP contribution >= 0.6 is 0 Å². The van der Waals surface area contributed by atoms with Gasteiger partial charge in [0.25, 0.3) is 5.91 Å². The van der Waals surface area contributed by atoms with E-state index < -0.39 is 24.0 Å². The zero-order valence-electron chi connectivity index (χ0n) is 21.6. The van der Waals surface area contributed by atoms with E-state index in [4.69, 9.17) is 14.6 Å². The molecule has 4 rings (SSSR count). The predicted octanol–water partition coefficient (Wildman–Crippen LogP) is 5.74. The Labute approximate surface area is 229 Å². The molecule has 1 aliphatic heterocycles. The van der Waals surface area contributed by atoms with E-state index in [0.717, 1.165) is 38.0 Å². The molecule has 3 aromatic rings. The number of ether oxygens (including phenoxy) is 1. The van der Waals surface area contributed by atoms with Gasteiger partial charge in [0, 0.05) is 18.8 Å². The number of alkyl halides is 3. The van der Waals surface area contributed by atoms with E-state index in [1.54, 1.807) is 36.4 Å². The van der Waals surface area contributed by atoms with E-state index in [1.165, 1.54) is 12.7 Å². The van der Waals surface area contributed by atoms with E-state index in [9.17, 15) is 27.9 Å². The van der Waals surface area contributed by atoms with Gasteiger partial charge in [0.05, 0.1) is 23.9 Å². The lowest BCUT2D eigenvalue weighted by molar-refractivity contribution is -0.192. The topological polar surface area (TPSA) is 116 Å². The number of anilines is 2. The third kappa shape index (κ3) is 8.23. The Balaban J connectivity index is 0.000000559. The van der Waals surface area contributed by atoms with Crippen LogP contribution in [0.15, 0.2) is 72.8 Å². The number of carbonyl (C=O) groups excluding carboxylic acids is 1. The molecule has 11 heteroatoms. The van der Waals surface area contributed by atoms with Gasteiger partial charge in [0.15, 0.2) is 0 Å². The number of halogens is 3. The normalized spacial score (nSPS) is 13.6. The molecule has 3 aromatic carbocycles. The second-order valence-corrected chi connectivity index (χ2v) is 9.11. The first-order chi connectivity index (χ1) is 19.0. The van der Waals surface area contributed by atoms with Crippen molar-refractivity contribution >= 4 is 29.2 Å². The van der Waals surface area contributed by atoms with Crippen molar-refractivity contribution in [2.24, 2.45) is 5.92 Å². The molecule has 0 unspecified atom stereocenters. The fourth-order valence-corrected chi connectivity index (χ4v) is 4.38. The molecule has 3 N–H and O–H groups in total. The summed E-state index contributed by atoms with van der Waals surface area (Å²) in [6, 6.07) is 22.6. The second-order valence-electron chi connectivity index (χ2n) is 9.11. The number of aromatic carboxylic acids is 1. The van der Waals surface area contributed by atoms with Crippen LogP contribution in [-0.4, -0.2) is 54.4 Å². The Morgan fingerprint density at radius 1 is 0.925 bits per heavy atom. The highest BCUT2D eigenvalue weighted by atomic mass is 19.4. The number of methoxy groups -OCH3 is 1. The minimum atomic E-state index is -5.08. The fraction of sp³-hybridized carbons (Fsp3) is 0.276. The molecule has 1 aliphatic rings. The van der Waals surface area contributed by atoms with E-state index in [-0.39, 0.29) is 11.3 Å². The van der Waals surface area contributed by atoms with Crippen molar-refractivity contribution in [3.05, 3.63) is 89.5 Å². The third-order valence-electron chi connectivity index (χ3n) is 6.42. The van der Waals surface area contributed by atoms with Gasteiger partial charge >= 0.3 is 18.1 Å². The number of rotatable bonds is 7. The number of hydrogen-bond acceptors (Lipinski definition) is 5. The van der Waals surface area contributed by atoms with Gasteiger partial charge in [-0.25, -0.2) is 9.59 Å². The number of carboxylic acids is 2. The number of aliphatic carboxylic acids is 1. The number of para-hydroxylation sites is 1. The highest BCUT2D eigenvalue weighted by Gasteiger charge is 2.38. The summed E-state index contributed by atoms with van der Waals surface area (Å²) in [4.78, 5) is 35.8. The summed E-state index contributed by atoms with van der Waals surface area (Å²) in [5.74, 6) is -3.19. The van der Waals surface area contributed by atoms with Gasteiger partial charge in [0.2, 0.25) is 0 Å². The van der Waals surface area contributed by atoms with Crippen LogP contribution in [0.25, 0.3) is 0 Å². The van der Waals surface area contributed by atoms with Gasteiger partial charge < -0.3 is 25.2 Å². The number of amides is 1. The highest BCUT2D eigenvalue weighted by molar-refractivity contribution is 6.09. The molecule has 1 saturated heterocycles. The number of piperidine rings is 1. The Bertz CT molecular complexity index is 1320. The summed E-state index contributed by atoms with van der Waals surface area (Å²) in [6.07, 6.45) is -1.89. The van der Waals surface area contributed by atoms with E-state index in [2.05, 4.69) is 34.5 Å². The predicted molar refractivity (Wildman–Crippen MR) is 143 cm³/mol. The van der Waals surface area contributed by atoms with Gasteiger partial charge in [-0.15, -0.1) is 0 Å². The minimum absolute atomic E-state index is 0.0714. The molecule has 0 saturated carbocycles. The van der Waals surface area contributed by atoms with Crippen molar-refractivity contribution < 1.29 is 42.5 Å². The molecule has 0 radical (unpaired) electrons. The zero-order valence-corrected chi connectivity index (χ0v) is 21.6. The number of carbonyl (C=O) groups is 3. The van der Waals surface area contributed by atoms with Crippen LogP contribution in [0.2, 0.25) is 0 Å². The monoisotopic (exact) mass is 558 g/mol. The van der Waals surface area contributed by atoms with Crippen LogP contribution in [-0.2, 0) is 11.2 Å². The van der Waals surface area contributed by atoms with Gasteiger partial charge in [-0.2, -0.15) is 13.2 Å². The van der Waals surface area contributed by atoms with Crippen molar-refractivity contribution in [3.63, 3.8) is 0 Å². The van der Waals surface area contributed by atoms with Crippen LogP contribution in [0.1, 0.15) is 39.1 Å². The highest BCUT2D eigenvalue weighted by Crippen LogP contribution is 2.29. The summed E-state index contributed by atoms with van der Waals surface area (Å²) >= 11 is 0. The summed E-state index contributed by atoms with van der Waals surface area (Å²) in [5.41, 5.74) is 2.91. The lowest BCUT2D eigenvalue weighted by atomic mass is 9.90. The summed E-state index contributed by atoms with van der Waals surface area (Å²) in [6.45, 7) is 1.76. The number of hydrogen-bond donors (Lipinski definition) is 3. The quantitative estimate of drug-likeness (QED) is 0.339. The molecule has 212 valence electrons. The van der Waals surface area contributed by atoms with Gasteiger partial charge in [-0.1, -0.05) is 42.5 Å². The number of nitrogens with one attached hydrogen (secondary N) is 1. The maximum atomic E-state index is 12.7. The molecule has 0 spiro atoms. The zero-order chi connectivity index (χ0) is 29.3. The van der Waals surface area contributed by atoms with Crippen molar-refractivity contribution in [1.29, 1.82) is 0 Å². The fourth-order valence-electron chi connectivity index (χ4n) is 4.38. The smallest absolute Gasteiger partial charge is 0.490 e. The molecular formula is C29H29F3N2O6. The van der Waals surface area contributed by atoms with Gasteiger partial charge in [-0.3, -0.25) is 4.79 Å². The SMILES string of the molecule is COc1ccccc1C(=O)Nc1ccc(N2CCC(Cc3ccccc3)CC2)cc1C(=O)O.O=C(O)C(F)(F)F. The first-order valence-corrected chi connectivity index (χ1v) is 12.4. The molecule has 0 bridgehead atoms. The Kier molecular flexibility index (Phi) is 10.1. The lowest BCUT2D eigenvalue weighted by Crippen LogP contribution is -2.34. The molecule has 40 heavy (non-hydrogen) atoms. The molecule has 8 nitrogen and oxygen atoms in total. The first-order valence-electron chi connectivity index (χ1n) is 12.4. The van der Waals surface area contributed by atoms with E-state index >= 15 is 0 Å². The average molecular weight is 559 g/mol. The molecule has 0 aromatic heterocycles. The van der Waals surface area contributed by atoms with Crippen LogP contribution in [0.3, 0.4) is 0 Å². The van der Waals surface area contributed by atoms with Crippen molar-refractivity contribution in [2.75, 3.05) is 30.4 Å². The second kappa shape index (κ2) is 13.5. The summed E-state index contributed by atoms with van der Waals surface area (Å²) in [7, 11) is 1.49. The molecule has 1 heterocycles. The molecular weight excluding hydrogens is 529 g/mol. The molecule has 1 amide bonds. The van der Waals surface area contributed by atoms with Crippen LogP contribution in [0.5, 0.6) is 5.75 Å². The summed E-state index contributed by atoms with van der Waals surface area (Å²) < 4.78 is 37.0.